The molecule has 5 nitrogen and oxygen atoms in total. The van der Waals surface area contributed by atoms with Crippen LogP contribution in [0.15, 0.2) is 16.5 Å². The standard InChI is InChI=1S/C7H2Cl2N2O3/c8-3-1-4-6(14-7(9)10-4)5(2-3)11(12)13/h1-2H. The van der Waals surface area contributed by atoms with Gasteiger partial charge in [0.1, 0.15) is 5.52 Å². The van der Waals surface area contributed by atoms with E-state index in [2.05, 4.69) is 4.98 Å². The van der Waals surface area contributed by atoms with Crippen LogP contribution in [0, 0.1) is 10.1 Å². The summed E-state index contributed by atoms with van der Waals surface area (Å²) in [6.45, 7) is 0. The van der Waals surface area contributed by atoms with E-state index in [4.69, 9.17) is 27.6 Å². The van der Waals surface area contributed by atoms with Crippen molar-refractivity contribution in [2.75, 3.05) is 0 Å². The molecule has 0 atom stereocenters. The molecule has 0 fully saturated rings. The SMILES string of the molecule is O=[N+]([O-])c1cc(Cl)cc2nc(Cl)oc12. The Balaban J connectivity index is 2.85. The van der Waals surface area contributed by atoms with E-state index < -0.39 is 4.92 Å². The molecule has 0 spiro atoms. The molecule has 0 aliphatic rings. The molecule has 0 aliphatic heterocycles. The molecule has 0 unspecified atom stereocenters. The molecule has 14 heavy (non-hydrogen) atoms. The smallest absolute Gasteiger partial charge is 0.315 e. The van der Waals surface area contributed by atoms with Crippen molar-refractivity contribution in [3.05, 3.63) is 32.6 Å². The minimum absolute atomic E-state index is 0.0319. The molecule has 0 saturated carbocycles. The van der Waals surface area contributed by atoms with Gasteiger partial charge in [-0.2, -0.15) is 4.98 Å². The molecule has 0 N–H and O–H groups in total. The average Bonchev–Trinajstić information content (AvgIpc) is 2.42. The molecule has 72 valence electrons. The molecule has 0 amide bonds. The van der Waals surface area contributed by atoms with Crippen LogP contribution in [0.3, 0.4) is 0 Å². The van der Waals surface area contributed by atoms with Crippen LogP contribution < -0.4 is 0 Å². The van der Waals surface area contributed by atoms with Gasteiger partial charge in [-0.15, -0.1) is 0 Å². The van der Waals surface area contributed by atoms with Crippen molar-refractivity contribution >= 4 is 40.0 Å². The second-order valence-corrected chi connectivity index (χ2v) is 3.26. The van der Waals surface area contributed by atoms with Crippen LogP contribution in [0.2, 0.25) is 10.4 Å². The fraction of sp³-hybridized carbons (Fsp3) is 0. The van der Waals surface area contributed by atoms with Crippen molar-refractivity contribution < 1.29 is 9.34 Å². The zero-order valence-corrected chi connectivity index (χ0v) is 8.04. The zero-order chi connectivity index (χ0) is 10.3. The van der Waals surface area contributed by atoms with Gasteiger partial charge < -0.3 is 4.42 Å². The van der Waals surface area contributed by atoms with E-state index in [1.54, 1.807) is 0 Å². The maximum absolute atomic E-state index is 10.6. The lowest BCUT2D eigenvalue weighted by molar-refractivity contribution is -0.383. The van der Waals surface area contributed by atoms with Crippen LogP contribution >= 0.6 is 23.2 Å². The third-order valence-electron chi connectivity index (χ3n) is 1.61. The number of hydrogen-bond acceptors (Lipinski definition) is 4. The molecule has 1 heterocycles. The van der Waals surface area contributed by atoms with Gasteiger partial charge in [0, 0.05) is 11.1 Å². The normalized spacial score (nSPS) is 10.7. The summed E-state index contributed by atoms with van der Waals surface area (Å²) < 4.78 is 4.87. The van der Waals surface area contributed by atoms with E-state index in [9.17, 15) is 10.1 Å². The average molecular weight is 233 g/mol. The van der Waals surface area contributed by atoms with Gasteiger partial charge in [0.15, 0.2) is 0 Å². The zero-order valence-electron chi connectivity index (χ0n) is 6.53. The fourth-order valence-corrected chi connectivity index (χ4v) is 1.47. The van der Waals surface area contributed by atoms with Crippen LogP contribution in [-0.4, -0.2) is 9.91 Å². The Labute approximate surface area is 87.4 Å². The van der Waals surface area contributed by atoms with E-state index in [0.29, 0.717) is 0 Å². The van der Waals surface area contributed by atoms with E-state index >= 15 is 0 Å². The first kappa shape index (κ1) is 9.23. The number of rotatable bonds is 1. The lowest BCUT2D eigenvalue weighted by Gasteiger charge is -1.92. The Hall–Kier alpha value is -1.33. The van der Waals surface area contributed by atoms with Crippen LogP contribution in [0.5, 0.6) is 0 Å². The highest BCUT2D eigenvalue weighted by Gasteiger charge is 2.18. The monoisotopic (exact) mass is 232 g/mol. The summed E-state index contributed by atoms with van der Waals surface area (Å²) in [7, 11) is 0. The summed E-state index contributed by atoms with van der Waals surface area (Å²) in [6, 6.07) is 2.63. The van der Waals surface area contributed by atoms with Gasteiger partial charge >= 0.3 is 5.69 Å². The number of nitrogens with zero attached hydrogens (tertiary/aromatic N) is 2. The van der Waals surface area contributed by atoms with Gasteiger partial charge in [0.25, 0.3) is 5.35 Å². The summed E-state index contributed by atoms with van der Waals surface area (Å²) >= 11 is 11.1. The van der Waals surface area contributed by atoms with Crippen molar-refractivity contribution in [3.8, 4) is 0 Å². The number of hydrogen-bond donors (Lipinski definition) is 0. The molecule has 2 aromatic rings. The first-order valence-electron chi connectivity index (χ1n) is 3.48. The number of nitro benzene ring substituents is 1. The molecule has 1 aromatic carbocycles. The van der Waals surface area contributed by atoms with Gasteiger partial charge in [-0.1, -0.05) is 11.6 Å². The lowest BCUT2D eigenvalue weighted by atomic mass is 10.3. The second kappa shape index (κ2) is 3.11. The summed E-state index contributed by atoms with van der Waals surface area (Å²) in [5, 5.41) is 10.7. The van der Waals surface area contributed by atoms with Crippen molar-refractivity contribution in [2.45, 2.75) is 0 Å². The Morgan fingerprint density at radius 1 is 1.43 bits per heavy atom. The summed E-state index contributed by atoms with van der Waals surface area (Å²) in [6.07, 6.45) is 0. The number of aromatic nitrogens is 1. The number of fused-ring (bicyclic) bond motifs is 1. The number of non-ortho nitro benzene ring substituents is 1. The van der Waals surface area contributed by atoms with E-state index in [1.165, 1.54) is 12.1 Å². The molecule has 1 aromatic heterocycles. The minimum Gasteiger partial charge on any atom is -0.420 e. The third-order valence-corrected chi connectivity index (χ3v) is 1.99. The second-order valence-electron chi connectivity index (χ2n) is 2.50. The Bertz CT molecular complexity index is 523. The Morgan fingerprint density at radius 3 is 2.79 bits per heavy atom. The van der Waals surface area contributed by atoms with E-state index in [1.807, 2.05) is 0 Å². The lowest BCUT2D eigenvalue weighted by Crippen LogP contribution is -1.88. The summed E-state index contributed by atoms with van der Waals surface area (Å²) in [4.78, 5) is 13.7. The maximum atomic E-state index is 10.6. The van der Waals surface area contributed by atoms with Crippen molar-refractivity contribution in [1.82, 2.24) is 4.98 Å². The number of oxazole rings is 1. The van der Waals surface area contributed by atoms with Crippen LogP contribution in [-0.2, 0) is 0 Å². The van der Waals surface area contributed by atoms with Crippen molar-refractivity contribution in [3.63, 3.8) is 0 Å². The molecular formula is C7H2Cl2N2O3. The summed E-state index contributed by atoms with van der Waals surface area (Å²) in [5.74, 6) is 0. The summed E-state index contributed by atoms with van der Waals surface area (Å²) in [5.41, 5.74) is 0.0606. The fourth-order valence-electron chi connectivity index (χ4n) is 1.09. The Kier molecular flexibility index (Phi) is 2.05. The maximum Gasteiger partial charge on any atom is 0.315 e. The highest BCUT2D eigenvalue weighted by atomic mass is 35.5. The third kappa shape index (κ3) is 1.40. The number of benzene rings is 1. The topological polar surface area (TPSA) is 69.2 Å². The predicted octanol–water partition coefficient (Wildman–Crippen LogP) is 3.04. The number of nitro groups is 1. The van der Waals surface area contributed by atoms with Crippen molar-refractivity contribution in [1.29, 1.82) is 0 Å². The molecule has 0 bridgehead atoms. The molecule has 7 heteroatoms. The largest absolute Gasteiger partial charge is 0.420 e. The van der Waals surface area contributed by atoms with Gasteiger partial charge in [-0.05, 0) is 17.7 Å². The van der Waals surface area contributed by atoms with Gasteiger partial charge in [0.05, 0.1) is 4.92 Å². The van der Waals surface area contributed by atoms with Crippen molar-refractivity contribution in [2.24, 2.45) is 0 Å². The number of halogens is 2. The van der Waals surface area contributed by atoms with E-state index in [0.717, 1.165) is 0 Å². The Morgan fingerprint density at radius 2 is 2.14 bits per heavy atom. The molecule has 0 radical (unpaired) electrons. The minimum atomic E-state index is -0.601. The van der Waals surface area contributed by atoms with Gasteiger partial charge in [0.2, 0.25) is 5.58 Å². The van der Waals surface area contributed by atoms with Crippen LogP contribution in [0.1, 0.15) is 0 Å². The molecule has 0 aliphatic carbocycles. The van der Waals surface area contributed by atoms with Gasteiger partial charge in [-0.3, -0.25) is 10.1 Å². The first-order valence-corrected chi connectivity index (χ1v) is 4.23. The van der Waals surface area contributed by atoms with Gasteiger partial charge in [-0.25, -0.2) is 0 Å². The van der Waals surface area contributed by atoms with E-state index in [-0.39, 0.29) is 27.2 Å². The van der Waals surface area contributed by atoms with Crippen LogP contribution in [0.4, 0.5) is 5.69 Å². The highest BCUT2D eigenvalue weighted by molar-refractivity contribution is 6.32. The molecular weight excluding hydrogens is 231 g/mol. The highest BCUT2D eigenvalue weighted by Crippen LogP contribution is 2.31. The molecule has 2 rings (SSSR count). The van der Waals surface area contributed by atoms with Crippen LogP contribution in [0.25, 0.3) is 11.1 Å². The quantitative estimate of drug-likeness (QED) is 0.560. The predicted molar refractivity (Wildman–Crippen MR) is 50.7 cm³/mol. The first-order chi connectivity index (χ1) is 6.58. The molecule has 0 saturated heterocycles.